The number of esters is 1. The second kappa shape index (κ2) is 8.90. The summed E-state index contributed by atoms with van der Waals surface area (Å²) in [6, 6.07) is 12.2. The Morgan fingerprint density at radius 1 is 1.07 bits per heavy atom. The Labute approximate surface area is 162 Å². The maximum atomic E-state index is 12.4. The number of rotatable bonds is 8. The molecule has 3 aromatic rings. The maximum Gasteiger partial charge on any atom is 0.342 e. The van der Waals surface area contributed by atoms with E-state index in [0.29, 0.717) is 35.2 Å². The highest BCUT2D eigenvalue weighted by molar-refractivity contribution is 5.92. The van der Waals surface area contributed by atoms with Crippen molar-refractivity contribution in [2.75, 3.05) is 20.8 Å². The smallest absolute Gasteiger partial charge is 0.342 e. The monoisotopic (exact) mass is 384 g/mol. The molecule has 0 radical (unpaired) electrons. The summed E-state index contributed by atoms with van der Waals surface area (Å²) in [5, 5.41) is 3.94. The fraction of sp³-hybridized carbons (Fsp3) is 0.250. The summed E-state index contributed by atoms with van der Waals surface area (Å²) in [5.74, 6) is 1.52. The molecule has 2 aromatic carbocycles. The quantitative estimate of drug-likeness (QED) is 0.545. The minimum atomic E-state index is -0.575. The van der Waals surface area contributed by atoms with E-state index in [9.17, 15) is 4.79 Å². The van der Waals surface area contributed by atoms with E-state index in [0.717, 1.165) is 0 Å². The number of nitrogens with zero attached hydrogens (tertiary/aromatic N) is 2. The van der Waals surface area contributed by atoms with Gasteiger partial charge in [0.05, 0.1) is 26.4 Å². The summed E-state index contributed by atoms with van der Waals surface area (Å²) < 4.78 is 26.4. The molecule has 1 aromatic heterocycles. The number of ether oxygens (including phenoxy) is 4. The third kappa shape index (κ3) is 4.22. The van der Waals surface area contributed by atoms with Crippen molar-refractivity contribution in [2.24, 2.45) is 0 Å². The largest absolute Gasteiger partial charge is 0.497 e. The number of hydrogen-bond donors (Lipinski definition) is 0. The number of carbonyl (C=O) groups excluding carboxylic acids is 1. The highest BCUT2D eigenvalue weighted by Crippen LogP contribution is 2.28. The predicted molar refractivity (Wildman–Crippen MR) is 99.6 cm³/mol. The van der Waals surface area contributed by atoms with Crippen LogP contribution in [-0.2, 0) is 11.3 Å². The van der Waals surface area contributed by atoms with Gasteiger partial charge >= 0.3 is 5.97 Å². The van der Waals surface area contributed by atoms with E-state index in [2.05, 4.69) is 10.1 Å². The van der Waals surface area contributed by atoms with E-state index >= 15 is 0 Å². The first-order chi connectivity index (χ1) is 13.7. The Balaban J connectivity index is 1.71. The van der Waals surface area contributed by atoms with Crippen LogP contribution < -0.4 is 14.2 Å². The fourth-order valence-corrected chi connectivity index (χ4v) is 2.53. The lowest BCUT2D eigenvalue weighted by atomic mass is 10.2. The number of para-hydroxylation sites is 1. The molecule has 0 saturated carbocycles. The van der Waals surface area contributed by atoms with Crippen molar-refractivity contribution in [3.05, 3.63) is 53.9 Å². The molecule has 0 fully saturated rings. The van der Waals surface area contributed by atoms with Gasteiger partial charge in [-0.3, -0.25) is 0 Å². The predicted octanol–water partition coefficient (Wildman–Crippen LogP) is 3.51. The van der Waals surface area contributed by atoms with Crippen molar-refractivity contribution in [1.82, 2.24) is 10.1 Å². The maximum absolute atomic E-state index is 12.4. The first-order valence-corrected chi connectivity index (χ1v) is 8.60. The van der Waals surface area contributed by atoms with E-state index in [1.54, 1.807) is 18.2 Å². The van der Waals surface area contributed by atoms with Gasteiger partial charge in [-0.25, -0.2) is 4.79 Å². The standard InChI is InChI=1S/C20H20N2O6/c1-4-26-16-8-6-5-7-14(16)19-21-18(28-22-19)12-27-20(23)15-10-9-13(24-2)11-17(15)25-3/h5-11H,4,12H2,1-3H3. The van der Waals surface area contributed by atoms with Crippen LogP contribution in [0.4, 0.5) is 0 Å². The van der Waals surface area contributed by atoms with E-state index in [1.165, 1.54) is 14.2 Å². The topological polar surface area (TPSA) is 92.9 Å². The lowest BCUT2D eigenvalue weighted by Gasteiger charge is -2.09. The Morgan fingerprint density at radius 3 is 2.64 bits per heavy atom. The molecule has 0 saturated heterocycles. The van der Waals surface area contributed by atoms with E-state index in [-0.39, 0.29) is 18.1 Å². The number of benzene rings is 2. The highest BCUT2D eigenvalue weighted by atomic mass is 16.6. The molecule has 0 unspecified atom stereocenters. The van der Waals surface area contributed by atoms with Crippen LogP contribution in [0.3, 0.4) is 0 Å². The molecule has 28 heavy (non-hydrogen) atoms. The molecule has 0 aliphatic heterocycles. The van der Waals surface area contributed by atoms with Crippen LogP contribution in [0.25, 0.3) is 11.4 Å². The third-order valence-electron chi connectivity index (χ3n) is 3.85. The SMILES string of the molecule is CCOc1ccccc1-c1noc(COC(=O)c2ccc(OC)cc2OC)n1. The van der Waals surface area contributed by atoms with Crippen molar-refractivity contribution in [3.8, 4) is 28.6 Å². The summed E-state index contributed by atoms with van der Waals surface area (Å²) in [5.41, 5.74) is 0.965. The molecule has 3 rings (SSSR count). The van der Waals surface area contributed by atoms with Crippen molar-refractivity contribution < 1.29 is 28.3 Å². The highest BCUT2D eigenvalue weighted by Gasteiger charge is 2.18. The van der Waals surface area contributed by atoms with Crippen molar-refractivity contribution in [1.29, 1.82) is 0 Å². The lowest BCUT2D eigenvalue weighted by Crippen LogP contribution is -2.07. The van der Waals surface area contributed by atoms with Gasteiger partial charge in [-0.15, -0.1) is 0 Å². The third-order valence-corrected chi connectivity index (χ3v) is 3.85. The average Bonchev–Trinajstić information content (AvgIpc) is 3.21. The summed E-state index contributed by atoms with van der Waals surface area (Å²) in [6.07, 6.45) is 0. The number of methoxy groups -OCH3 is 2. The minimum absolute atomic E-state index is 0.169. The molecular formula is C20H20N2O6. The fourth-order valence-electron chi connectivity index (χ4n) is 2.53. The zero-order valence-corrected chi connectivity index (χ0v) is 15.8. The lowest BCUT2D eigenvalue weighted by molar-refractivity contribution is 0.0426. The molecule has 0 spiro atoms. The van der Waals surface area contributed by atoms with E-state index in [4.69, 9.17) is 23.5 Å². The normalized spacial score (nSPS) is 10.4. The van der Waals surface area contributed by atoms with Gasteiger partial charge in [-0.2, -0.15) is 4.98 Å². The van der Waals surface area contributed by atoms with Crippen molar-refractivity contribution in [2.45, 2.75) is 13.5 Å². The van der Waals surface area contributed by atoms with Crippen LogP contribution in [0.1, 0.15) is 23.2 Å². The second-order valence-electron chi connectivity index (χ2n) is 5.58. The van der Waals surface area contributed by atoms with Gasteiger partial charge in [-0.05, 0) is 31.2 Å². The van der Waals surface area contributed by atoms with Crippen LogP contribution in [-0.4, -0.2) is 36.9 Å². The van der Waals surface area contributed by atoms with Gasteiger partial charge < -0.3 is 23.5 Å². The first kappa shape index (κ1) is 19.2. The Kier molecular flexibility index (Phi) is 6.11. The Bertz CT molecular complexity index is 953. The van der Waals surface area contributed by atoms with Gasteiger partial charge in [0.25, 0.3) is 5.89 Å². The number of carbonyl (C=O) groups is 1. The Hall–Kier alpha value is -3.55. The molecule has 0 N–H and O–H groups in total. The summed E-state index contributed by atoms with van der Waals surface area (Å²) >= 11 is 0. The summed E-state index contributed by atoms with van der Waals surface area (Å²) in [6.45, 7) is 2.24. The van der Waals surface area contributed by atoms with Crippen molar-refractivity contribution in [3.63, 3.8) is 0 Å². The van der Waals surface area contributed by atoms with E-state index in [1.807, 2.05) is 31.2 Å². The van der Waals surface area contributed by atoms with Gasteiger partial charge in [0.15, 0.2) is 6.61 Å². The van der Waals surface area contributed by atoms with E-state index < -0.39 is 5.97 Å². The zero-order chi connectivity index (χ0) is 19.9. The molecule has 8 heteroatoms. The molecule has 0 aliphatic rings. The summed E-state index contributed by atoms with van der Waals surface area (Å²) in [7, 11) is 3.00. The van der Waals surface area contributed by atoms with Crippen LogP contribution in [0.5, 0.6) is 17.2 Å². The van der Waals surface area contributed by atoms with Crippen LogP contribution in [0.2, 0.25) is 0 Å². The van der Waals surface area contributed by atoms with Gasteiger partial charge in [0, 0.05) is 6.07 Å². The molecule has 1 heterocycles. The minimum Gasteiger partial charge on any atom is -0.497 e. The molecule has 0 amide bonds. The van der Waals surface area contributed by atoms with Gasteiger partial charge in [0.1, 0.15) is 22.8 Å². The molecule has 0 bridgehead atoms. The zero-order valence-electron chi connectivity index (χ0n) is 15.8. The molecule has 8 nitrogen and oxygen atoms in total. The molecule has 0 aliphatic carbocycles. The van der Waals surface area contributed by atoms with Crippen molar-refractivity contribution >= 4 is 5.97 Å². The van der Waals surface area contributed by atoms with Crippen LogP contribution >= 0.6 is 0 Å². The molecule has 146 valence electrons. The van der Waals surface area contributed by atoms with Gasteiger partial charge in [-0.1, -0.05) is 17.3 Å². The summed E-state index contributed by atoms with van der Waals surface area (Å²) in [4.78, 5) is 16.6. The Morgan fingerprint density at radius 2 is 1.89 bits per heavy atom. The molecular weight excluding hydrogens is 364 g/mol. The average molecular weight is 384 g/mol. The number of aromatic nitrogens is 2. The van der Waals surface area contributed by atoms with Crippen LogP contribution in [0.15, 0.2) is 47.0 Å². The molecule has 0 atom stereocenters. The van der Waals surface area contributed by atoms with Crippen LogP contribution in [0, 0.1) is 0 Å². The number of hydrogen-bond acceptors (Lipinski definition) is 8. The van der Waals surface area contributed by atoms with Gasteiger partial charge in [0.2, 0.25) is 5.82 Å². The second-order valence-corrected chi connectivity index (χ2v) is 5.58. The first-order valence-electron chi connectivity index (χ1n) is 8.60.